The van der Waals surface area contributed by atoms with Gasteiger partial charge in [-0.05, 0) is 30.3 Å². The van der Waals surface area contributed by atoms with Crippen LogP contribution in [0.25, 0.3) is 11.3 Å². The number of phenols is 1. The van der Waals surface area contributed by atoms with Gasteiger partial charge in [-0.1, -0.05) is 12.1 Å². The van der Waals surface area contributed by atoms with Crippen LogP contribution in [0.1, 0.15) is 5.56 Å². The van der Waals surface area contributed by atoms with Gasteiger partial charge >= 0.3 is 11.9 Å². The number of carboxylic acids is 2. The first-order valence-corrected chi connectivity index (χ1v) is 8.99. The number of aromatic nitrogens is 2. The van der Waals surface area contributed by atoms with Gasteiger partial charge in [-0.2, -0.15) is 0 Å². The zero-order valence-corrected chi connectivity index (χ0v) is 17.2. The van der Waals surface area contributed by atoms with Crippen molar-refractivity contribution >= 4 is 17.9 Å². The lowest BCUT2D eigenvalue weighted by Gasteiger charge is -2.11. The molecule has 3 rings (SSSR count). The Kier molecular flexibility index (Phi) is 7.84. The number of carbonyl (C=O) groups is 2. The third kappa shape index (κ3) is 5.89. The van der Waals surface area contributed by atoms with Gasteiger partial charge in [-0.3, -0.25) is 0 Å². The summed E-state index contributed by atoms with van der Waals surface area (Å²) in [4.78, 5) is 22.6. The Morgan fingerprint density at radius 1 is 1.03 bits per heavy atom. The predicted octanol–water partition coefficient (Wildman–Crippen LogP) is 2.58. The lowest BCUT2D eigenvalue weighted by Crippen LogP contribution is -2.09. The summed E-state index contributed by atoms with van der Waals surface area (Å²) in [5.41, 5.74) is 2.78. The molecule has 0 atom stereocenters. The molecule has 0 fully saturated rings. The number of anilines is 1. The average Bonchev–Trinajstić information content (AvgIpc) is 3.13. The molecule has 164 valence electrons. The number of benzene rings is 2. The molecule has 0 spiro atoms. The molecule has 0 saturated heterocycles. The monoisotopic (exact) mass is 429 g/mol. The van der Waals surface area contributed by atoms with Crippen LogP contribution >= 0.6 is 0 Å². The van der Waals surface area contributed by atoms with Crippen molar-refractivity contribution in [2.24, 2.45) is 7.05 Å². The first-order chi connectivity index (χ1) is 14.8. The summed E-state index contributed by atoms with van der Waals surface area (Å²) < 4.78 is 12.3. The Bertz CT molecular complexity index is 1030. The molecule has 10 nitrogen and oxygen atoms in total. The highest BCUT2D eigenvalue weighted by Gasteiger charge is 2.11. The summed E-state index contributed by atoms with van der Waals surface area (Å²) in [6.45, 7) is 0.440. The summed E-state index contributed by atoms with van der Waals surface area (Å²) in [5.74, 6) is -1.52. The lowest BCUT2D eigenvalue weighted by molar-refractivity contribution is -0.159. The molecule has 2 aromatic carbocycles. The number of carboxylic acid groups (broad SMARTS) is 2. The summed E-state index contributed by atoms with van der Waals surface area (Å²) in [6.07, 6.45) is 1.82. The molecule has 31 heavy (non-hydrogen) atoms. The number of nitrogens with one attached hydrogen (secondary N) is 1. The quantitative estimate of drug-likeness (QED) is 0.435. The van der Waals surface area contributed by atoms with Crippen molar-refractivity contribution in [1.29, 1.82) is 0 Å². The van der Waals surface area contributed by atoms with E-state index in [1.807, 2.05) is 54.2 Å². The van der Waals surface area contributed by atoms with Crippen molar-refractivity contribution < 1.29 is 34.4 Å². The Balaban J connectivity index is 0.000000501. The molecule has 0 unspecified atom stereocenters. The topological polar surface area (TPSA) is 143 Å². The maximum Gasteiger partial charge on any atom is 0.414 e. The van der Waals surface area contributed by atoms with E-state index in [2.05, 4.69) is 10.3 Å². The fourth-order valence-corrected chi connectivity index (χ4v) is 2.65. The third-order valence-electron chi connectivity index (χ3n) is 4.30. The van der Waals surface area contributed by atoms with Crippen LogP contribution in [-0.2, 0) is 23.2 Å². The van der Waals surface area contributed by atoms with Crippen molar-refractivity contribution in [2.45, 2.75) is 6.54 Å². The van der Waals surface area contributed by atoms with E-state index in [-0.39, 0.29) is 5.75 Å². The first-order valence-electron chi connectivity index (χ1n) is 8.99. The minimum Gasteiger partial charge on any atom is -0.504 e. The number of ether oxygens (including phenoxy) is 2. The van der Waals surface area contributed by atoms with Crippen LogP contribution in [-0.4, -0.2) is 51.0 Å². The van der Waals surface area contributed by atoms with Crippen molar-refractivity contribution in [3.05, 3.63) is 54.2 Å². The number of para-hydroxylation sites is 1. The predicted molar refractivity (Wildman–Crippen MR) is 112 cm³/mol. The number of hydrogen-bond donors (Lipinski definition) is 4. The minimum absolute atomic E-state index is 0.141. The number of aliphatic carboxylic acids is 2. The van der Waals surface area contributed by atoms with Crippen LogP contribution < -0.4 is 14.8 Å². The molecule has 0 saturated carbocycles. The molecule has 0 aliphatic heterocycles. The van der Waals surface area contributed by atoms with E-state index < -0.39 is 11.9 Å². The van der Waals surface area contributed by atoms with Crippen molar-refractivity contribution in [3.8, 4) is 28.5 Å². The highest BCUT2D eigenvalue weighted by atomic mass is 16.5. The molecule has 3 aromatic rings. The highest BCUT2D eigenvalue weighted by molar-refractivity contribution is 6.27. The average molecular weight is 429 g/mol. The smallest absolute Gasteiger partial charge is 0.414 e. The maximum atomic E-state index is 10.2. The summed E-state index contributed by atoms with van der Waals surface area (Å²) in [7, 11) is 5.13. The van der Waals surface area contributed by atoms with Crippen LogP contribution in [0.3, 0.4) is 0 Å². The molecule has 1 aromatic heterocycles. The van der Waals surface area contributed by atoms with Gasteiger partial charge in [0.05, 0.1) is 26.1 Å². The normalized spacial score (nSPS) is 9.90. The van der Waals surface area contributed by atoms with E-state index in [1.165, 1.54) is 7.11 Å². The van der Waals surface area contributed by atoms with Gasteiger partial charge in [0, 0.05) is 24.7 Å². The fourth-order valence-electron chi connectivity index (χ4n) is 2.65. The zero-order valence-electron chi connectivity index (χ0n) is 17.2. The second kappa shape index (κ2) is 10.5. The zero-order chi connectivity index (χ0) is 23.0. The number of hydrogen-bond acceptors (Lipinski definition) is 7. The third-order valence-corrected chi connectivity index (χ3v) is 4.30. The molecule has 0 radical (unpaired) electrons. The highest BCUT2D eigenvalue weighted by Crippen LogP contribution is 2.30. The van der Waals surface area contributed by atoms with Crippen molar-refractivity contribution in [3.63, 3.8) is 0 Å². The van der Waals surface area contributed by atoms with Gasteiger partial charge in [0.15, 0.2) is 11.5 Å². The molecular weight excluding hydrogens is 406 g/mol. The van der Waals surface area contributed by atoms with E-state index in [9.17, 15) is 5.11 Å². The molecular formula is C21H23N3O7. The Morgan fingerprint density at radius 3 is 2.23 bits per heavy atom. The van der Waals surface area contributed by atoms with Gasteiger partial charge in [-0.25, -0.2) is 14.6 Å². The molecule has 0 aliphatic carbocycles. The van der Waals surface area contributed by atoms with E-state index in [1.54, 1.807) is 13.2 Å². The molecule has 0 aliphatic rings. The summed E-state index contributed by atoms with van der Waals surface area (Å²) in [5, 5.41) is 28.2. The second-order valence-corrected chi connectivity index (χ2v) is 6.19. The molecule has 4 N–H and O–H groups in total. The largest absolute Gasteiger partial charge is 0.504 e. The van der Waals surface area contributed by atoms with Gasteiger partial charge in [0.2, 0.25) is 5.95 Å². The van der Waals surface area contributed by atoms with Crippen LogP contribution in [0.2, 0.25) is 0 Å². The van der Waals surface area contributed by atoms with Crippen LogP contribution in [0.15, 0.2) is 48.7 Å². The number of aromatic hydroxyl groups is 1. The van der Waals surface area contributed by atoms with E-state index in [4.69, 9.17) is 29.3 Å². The minimum atomic E-state index is -1.82. The maximum absolute atomic E-state index is 10.2. The lowest BCUT2D eigenvalue weighted by atomic mass is 10.1. The van der Waals surface area contributed by atoms with Crippen LogP contribution in [0, 0.1) is 0 Å². The Morgan fingerprint density at radius 2 is 1.68 bits per heavy atom. The summed E-state index contributed by atoms with van der Waals surface area (Å²) in [6, 6.07) is 13.2. The number of nitrogens with zero attached hydrogens (tertiary/aromatic N) is 2. The number of phenolic OH excluding ortho intramolecular Hbond substituents is 1. The van der Waals surface area contributed by atoms with Crippen molar-refractivity contribution in [1.82, 2.24) is 9.55 Å². The second-order valence-electron chi connectivity index (χ2n) is 6.19. The SMILES string of the molecule is COc1ccc(-c2cnc(NCc3cccc(OC)c3O)n2C)cc1.O=C(O)C(=O)O. The van der Waals surface area contributed by atoms with E-state index in [0.717, 1.165) is 22.6 Å². The van der Waals surface area contributed by atoms with E-state index in [0.29, 0.717) is 18.2 Å². The Hall–Kier alpha value is -4.21. The number of rotatable bonds is 6. The molecule has 0 amide bonds. The van der Waals surface area contributed by atoms with E-state index >= 15 is 0 Å². The fraction of sp³-hybridized carbons (Fsp3) is 0.190. The van der Waals surface area contributed by atoms with Crippen molar-refractivity contribution in [2.75, 3.05) is 19.5 Å². The van der Waals surface area contributed by atoms with Gasteiger partial charge < -0.3 is 34.7 Å². The Labute approximate surface area is 178 Å². The molecule has 10 heteroatoms. The first kappa shape index (κ1) is 23.1. The summed E-state index contributed by atoms with van der Waals surface area (Å²) >= 11 is 0. The van der Waals surface area contributed by atoms with Gasteiger partial charge in [0.1, 0.15) is 5.75 Å². The van der Waals surface area contributed by atoms with Gasteiger partial charge in [-0.15, -0.1) is 0 Å². The van der Waals surface area contributed by atoms with Crippen LogP contribution in [0.5, 0.6) is 17.2 Å². The molecule has 1 heterocycles. The number of methoxy groups -OCH3 is 2. The van der Waals surface area contributed by atoms with Gasteiger partial charge in [0.25, 0.3) is 0 Å². The number of imidazole rings is 1. The molecule has 0 bridgehead atoms. The standard InChI is InChI=1S/C19H21N3O3.C2H2O4/c1-22-16(13-7-9-15(24-2)10-8-13)12-21-19(22)20-11-14-5-4-6-17(25-3)18(14)23;3-1(4)2(5)6/h4-10,12,23H,11H2,1-3H3,(H,20,21);(H,3,4)(H,5,6). The van der Waals surface area contributed by atoms with Crippen LogP contribution in [0.4, 0.5) is 5.95 Å².